The second-order valence-corrected chi connectivity index (χ2v) is 4.89. The zero-order valence-corrected chi connectivity index (χ0v) is 10.8. The molecule has 0 fully saturated rings. The summed E-state index contributed by atoms with van der Waals surface area (Å²) in [6.45, 7) is 0.406. The van der Waals surface area contributed by atoms with Crippen molar-refractivity contribution in [1.29, 1.82) is 0 Å². The van der Waals surface area contributed by atoms with Crippen LogP contribution in [0.15, 0.2) is 16.5 Å². The molecule has 0 aliphatic rings. The highest BCUT2D eigenvalue weighted by Gasteiger charge is 2.27. The van der Waals surface area contributed by atoms with E-state index in [1.165, 1.54) is 22.2 Å². The van der Waals surface area contributed by atoms with Gasteiger partial charge in [0.15, 0.2) is 0 Å². The molecule has 4 nitrogen and oxygen atoms in total. The lowest BCUT2D eigenvalue weighted by atomic mass is 10.3. The SMILES string of the molecule is Cc1csc2c(=O)n(CCOCC(F)(F)F)cnc12. The number of alkyl halides is 3. The summed E-state index contributed by atoms with van der Waals surface area (Å²) in [5, 5.41) is 1.82. The molecule has 2 aromatic heterocycles. The number of hydrogen-bond acceptors (Lipinski definition) is 4. The van der Waals surface area contributed by atoms with Crippen molar-refractivity contribution in [2.75, 3.05) is 13.2 Å². The molecular weight excluding hydrogens is 281 g/mol. The van der Waals surface area contributed by atoms with Gasteiger partial charge in [0.1, 0.15) is 11.3 Å². The molecule has 0 saturated carbocycles. The number of aromatic nitrogens is 2. The topological polar surface area (TPSA) is 44.1 Å². The van der Waals surface area contributed by atoms with Crippen molar-refractivity contribution in [3.8, 4) is 0 Å². The van der Waals surface area contributed by atoms with Gasteiger partial charge in [-0.05, 0) is 17.9 Å². The van der Waals surface area contributed by atoms with Gasteiger partial charge < -0.3 is 4.74 Å². The third-order valence-corrected chi connectivity index (χ3v) is 3.54. The Balaban J connectivity index is 2.06. The van der Waals surface area contributed by atoms with E-state index in [9.17, 15) is 18.0 Å². The number of thiophene rings is 1. The van der Waals surface area contributed by atoms with Crippen LogP contribution in [0.5, 0.6) is 0 Å². The van der Waals surface area contributed by atoms with Crippen molar-refractivity contribution >= 4 is 21.6 Å². The van der Waals surface area contributed by atoms with Gasteiger partial charge in [-0.2, -0.15) is 13.2 Å². The molecule has 0 amide bonds. The molecular formula is C11H11F3N2O2S. The number of nitrogens with zero attached hydrogens (tertiary/aromatic N) is 2. The maximum atomic E-state index is 12.0. The molecule has 2 heterocycles. The van der Waals surface area contributed by atoms with Crippen LogP contribution in [0.25, 0.3) is 10.2 Å². The van der Waals surface area contributed by atoms with Gasteiger partial charge >= 0.3 is 6.18 Å². The molecule has 0 aromatic carbocycles. The molecule has 0 aliphatic carbocycles. The first-order valence-electron chi connectivity index (χ1n) is 5.46. The molecule has 2 aromatic rings. The first-order valence-corrected chi connectivity index (χ1v) is 6.34. The van der Waals surface area contributed by atoms with Crippen molar-refractivity contribution in [1.82, 2.24) is 9.55 Å². The minimum absolute atomic E-state index is 0.0504. The minimum Gasteiger partial charge on any atom is -0.370 e. The normalized spacial score (nSPS) is 12.2. The maximum Gasteiger partial charge on any atom is 0.411 e. The number of halogens is 3. The highest BCUT2D eigenvalue weighted by molar-refractivity contribution is 7.17. The minimum atomic E-state index is -4.35. The van der Waals surface area contributed by atoms with Gasteiger partial charge in [0.05, 0.1) is 25.0 Å². The van der Waals surface area contributed by atoms with Crippen molar-refractivity contribution in [3.05, 3.63) is 27.6 Å². The van der Waals surface area contributed by atoms with E-state index in [0.717, 1.165) is 5.56 Å². The largest absolute Gasteiger partial charge is 0.411 e. The Morgan fingerprint density at radius 3 is 2.89 bits per heavy atom. The maximum absolute atomic E-state index is 12.0. The van der Waals surface area contributed by atoms with Crippen molar-refractivity contribution in [3.63, 3.8) is 0 Å². The molecule has 2 rings (SSSR count). The number of rotatable bonds is 4. The lowest BCUT2D eigenvalue weighted by Crippen LogP contribution is -2.24. The van der Waals surface area contributed by atoms with Crippen LogP contribution in [0.2, 0.25) is 0 Å². The van der Waals surface area contributed by atoms with Crippen LogP contribution in [0.4, 0.5) is 13.2 Å². The van der Waals surface area contributed by atoms with Gasteiger partial charge in [-0.25, -0.2) is 4.98 Å². The average molecular weight is 292 g/mol. The van der Waals surface area contributed by atoms with Crippen LogP contribution in [0, 0.1) is 6.92 Å². The molecule has 0 saturated heterocycles. The average Bonchev–Trinajstić information content (AvgIpc) is 2.69. The predicted octanol–water partition coefficient (Wildman–Crippen LogP) is 2.35. The van der Waals surface area contributed by atoms with Crippen molar-refractivity contribution in [2.45, 2.75) is 19.6 Å². The number of hydrogen-bond donors (Lipinski definition) is 0. The molecule has 0 spiro atoms. The Bertz CT molecular complexity index is 633. The van der Waals surface area contributed by atoms with E-state index < -0.39 is 12.8 Å². The molecule has 0 radical (unpaired) electrons. The van der Waals surface area contributed by atoms with E-state index in [1.807, 2.05) is 12.3 Å². The van der Waals surface area contributed by atoms with Gasteiger partial charge in [-0.1, -0.05) is 0 Å². The number of ether oxygens (including phenoxy) is 1. The van der Waals surface area contributed by atoms with Gasteiger partial charge in [0, 0.05) is 0 Å². The quantitative estimate of drug-likeness (QED) is 0.812. The standard InChI is InChI=1S/C11H11F3N2O2S/c1-7-4-19-9-8(7)15-6-16(10(9)17)2-3-18-5-11(12,13)14/h4,6H,2-3,5H2,1H3. The third kappa shape index (κ3) is 3.32. The van der Waals surface area contributed by atoms with Crippen molar-refractivity contribution < 1.29 is 17.9 Å². The molecule has 0 aliphatic heterocycles. The lowest BCUT2D eigenvalue weighted by Gasteiger charge is -2.08. The van der Waals surface area contributed by atoms with E-state index in [1.54, 1.807) is 0 Å². The molecule has 0 atom stereocenters. The van der Waals surface area contributed by atoms with Crippen LogP contribution in [0.1, 0.15) is 5.56 Å². The van der Waals surface area contributed by atoms with E-state index >= 15 is 0 Å². The predicted molar refractivity (Wildman–Crippen MR) is 65.5 cm³/mol. The molecule has 0 N–H and O–H groups in total. The van der Waals surface area contributed by atoms with Gasteiger partial charge in [0.25, 0.3) is 5.56 Å². The molecule has 0 unspecified atom stereocenters. The fourth-order valence-corrected chi connectivity index (χ4v) is 2.52. The van der Waals surface area contributed by atoms with Crippen LogP contribution >= 0.6 is 11.3 Å². The zero-order chi connectivity index (χ0) is 14.0. The Morgan fingerprint density at radius 2 is 2.21 bits per heavy atom. The molecule has 104 valence electrons. The summed E-state index contributed by atoms with van der Waals surface area (Å²) in [7, 11) is 0. The summed E-state index contributed by atoms with van der Waals surface area (Å²) in [5.41, 5.74) is 1.30. The summed E-state index contributed by atoms with van der Waals surface area (Å²) in [4.78, 5) is 16.1. The second-order valence-electron chi connectivity index (χ2n) is 4.01. The van der Waals surface area contributed by atoms with Gasteiger partial charge in [0.2, 0.25) is 0 Å². The molecule has 8 heteroatoms. The highest BCUT2D eigenvalue weighted by atomic mass is 32.1. The van der Waals surface area contributed by atoms with Crippen LogP contribution in [-0.4, -0.2) is 28.9 Å². The Hall–Kier alpha value is -1.41. The number of aryl methyl sites for hydroxylation is 1. The summed E-state index contributed by atoms with van der Waals surface area (Å²) in [6, 6.07) is 0. The third-order valence-electron chi connectivity index (χ3n) is 2.47. The van der Waals surface area contributed by atoms with Gasteiger partial charge in [-0.3, -0.25) is 9.36 Å². The molecule has 19 heavy (non-hydrogen) atoms. The fraction of sp³-hybridized carbons (Fsp3) is 0.455. The van der Waals surface area contributed by atoms with Crippen LogP contribution in [0.3, 0.4) is 0 Å². The van der Waals surface area contributed by atoms with Crippen molar-refractivity contribution in [2.24, 2.45) is 0 Å². The second kappa shape index (κ2) is 5.30. The van der Waals surface area contributed by atoms with E-state index in [-0.39, 0.29) is 18.7 Å². The lowest BCUT2D eigenvalue weighted by molar-refractivity contribution is -0.174. The first-order chi connectivity index (χ1) is 8.88. The Kier molecular flexibility index (Phi) is 3.91. The van der Waals surface area contributed by atoms with E-state index in [4.69, 9.17) is 0 Å². The summed E-state index contributed by atoms with van der Waals surface area (Å²) in [6.07, 6.45) is -3.01. The Labute approximate surface area is 110 Å². The summed E-state index contributed by atoms with van der Waals surface area (Å²) < 4.78 is 41.8. The fourth-order valence-electron chi connectivity index (χ4n) is 1.57. The van der Waals surface area contributed by atoms with Gasteiger partial charge in [-0.15, -0.1) is 11.3 Å². The smallest absolute Gasteiger partial charge is 0.370 e. The summed E-state index contributed by atoms with van der Waals surface area (Å²) in [5.74, 6) is 0. The number of fused-ring (bicyclic) bond motifs is 1. The zero-order valence-electron chi connectivity index (χ0n) is 10.0. The van der Waals surface area contributed by atoms with Crippen LogP contribution < -0.4 is 5.56 Å². The molecule has 0 bridgehead atoms. The highest BCUT2D eigenvalue weighted by Crippen LogP contribution is 2.19. The van der Waals surface area contributed by atoms with E-state index in [0.29, 0.717) is 10.2 Å². The summed E-state index contributed by atoms with van der Waals surface area (Å²) >= 11 is 1.28. The Morgan fingerprint density at radius 1 is 1.47 bits per heavy atom. The monoisotopic (exact) mass is 292 g/mol. The first kappa shape index (κ1) is 14.0. The van der Waals surface area contributed by atoms with Crippen LogP contribution in [-0.2, 0) is 11.3 Å². The van der Waals surface area contributed by atoms with E-state index in [2.05, 4.69) is 9.72 Å².